The minimum Gasteiger partial charge on any atom is -0.370 e. The molecule has 3 nitrogen and oxygen atoms in total. The molecule has 0 saturated heterocycles. The van der Waals surface area contributed by atoms with Crippen LogP contribution in [0.1, 0.15) is 13.3 Å². The largest absolute Gasteiger partial charge is 0.370 e. The molecule has 4 heteroatoms. The van der Waals surface area contributed by atoms with E-state index in [0.29, 0.717) is 18.3 Å². The number of hydrogen-bond acceptors (Lipinski definition) is 3. The summed E-state index contributed by atoms with van der Waals surface area (Å²) < 4.78 is 12.5. The Morgan fingerprint density at radius 3 is 2.93 bits per heavy atom. The molecule has 0 aliphatic rings. The van der Waals surface area contributed by atoms with Gasteiger partial charge in [-0.2, -0.15) is 0 Å². The molecule has 0 radical (unpaired) electrons. The molecule has 3 N–H and O–H groups in total. The van der Waals surface area contributed by atoms with Gasteiger partial charge in [0.2, 0.25) is 0 Å². The standard InChI is InChI=1S/C10H16FN3/c1-8(4-5-12)6-13-10-3-2-9(11)7-14-10/h2-3,7-8H,4-6,12H2,1H3,(H,13,14). The van der Waals surface area contributed by atoms with Gasteiger partial charge in [0.15, 0.2) is 0 Å². The molecule has 0 aromatic carbocycles. The summed E-state index contributed by atoms with van der Waals surface area (Å²) in [7, 11) is 0. The van der Waals surface area contributed by atoms with Crippen molar-refractivity contribution in [1.29, 1.82) is 0 Å². The van der Waals surface area contributed by atoms with Crippen LogP contribution in [-0.4, -0.2) is 18.1 Å². The highest BCUT2D eigenvalue weighted by Gasteiger charge is 2.00. The second-order valence-corrected chi connectivity index (χ2v) is 3.43. The van der Waals surface area contributed by atoms with Crippen molar-refractivity contribution in [3.8, 4) is 0 Å². The quantitative estimate of drug-likeness (QED) is 0.754. The summed E-state index contributed by atoms with van der Waals surface area (Å²) in [5.74, 6) is 0.896. The molecule has 0 amide bonds. The Labute approximate surface area is 83.5 Å². The van der Waals surface area contributed by atoms with Crippen molar-refractivity contribution in [2.75, 3.05) is 18.4 Å². The van der Waals surface area contributed by atoms with Gasteiger partial charge in [0, 0.05) is 6.54 Å². The highest BCUT2D eigenvalue weighted by atomic mass is 19.1. The fraction of sp³-hybridized carbons (Fsp3) is 0.500. The van der Waals surface area contributed by atoms with Crippen LogP contribution < -0.4 is 11.1 Å². The second kappa shape index (κ2) is 5.54. The molecule has 1 heterocycles. The molecule has 14 heavy (non-hydrogen) atoms. The Bertz CT molecular complexity index is 261. The van der Waals surface area contributed by atoms with Crippen molar-refractivity contribution in [2.24, 2.45) is 11.7 Å². The summed E-state index contributed by atoms with van der Waals surface area (Å²) in [6.45, 7) is 3.62. The number of nitrogens with zero attached hydrogens (tertiary/aromatic N) is 1. The molecular weight excluding hydrogens is 181 g/mol. The third-order valence-electron chi connectivity index (χ3n) is 2.02. The van der Waals surface area contributed by atoms with E-state index in [1.165, 1.54) is 12.3 Å². The van der Waals surface area contributed by atoms with Gasteiger partial charge in [0.1, 0.15) is 11.6 Å². The molecule has 1 aromatic rings. The van der Waals surface area contributed by atoms with Crippen molar-refractivity contribution < 1.29 is 4.39 Å². The molecule has 1 atom stereocenters. The maximum Gasteiger partial charge on any atom is 0.141 e. The molecule has 0 fully saturated rings. The number of halogens is 1. The van der Waals surface area contributed by atoms with E-state index >= 15 is 0 Å². The first-order chi connectivity index (χ1) is 6.72. The van der Waals surface area contributed by atoms with Gasteiger partial charge < -0.3 is 11.1 Å². The number of nitrogens with two attached hydrogens (primary N) is 1. The van der Waals surface area contributed by atoms with Crippen LogP contribution in [0.4, 0.5) is 10.2 Å². The van der Waals surface area contributed by atoms with Crippen LogP contribution in [0.3, 0.4) is 0 Å². The fourth-order valence-electron chi connectivity index (χ4n) is 1.15. The van der Waals surface area contributed by atoms with Gasteiger partial charge in [-0.05, 0) is 31.0 Å². The Hall–Kier alpha value is -1.16. The molecule has 78 valence electrons. The highest BCUT2D eigenvalue weighted by molar-refractivity contribution is 5.33. The van der Waals surface area contributed by atoms with Crippen LogP contribution in [0, 0.1) is 11.7 Å². The number of aromatic nitrogens is 1. The lowest BCUT2D eigenvalue weighted by Gasteiger charge is -2.11. The van der Waals surface area contributed by atoms with E-state index in [2.05, 4.69) is 17.2 Å². The van der Waals surface area contributed by atoms with Crippen molar-refractivity contribution in [3.05, 3.63) is 24.1 Å². The lowest BCUT2D eigenvalue weighted by atomic mass is 10.1. The van der Waals surface area contributed by atoms with Crippen LogP contribution in [0.25, 0.3) is 0 Å². The van der Waals surface area contributed by atoms with E-state index in [9.17, 15) is 4.39 Å². The number of nitrogens with one attached hydrogen (secondary N) is 1. The molecule has 1 rings (SSSR count). The third kappa shape index (κ3) is 3.70. The van der Waals surface area contributed by atoms with Crippen LogP contribution in [-0.2, 0) is 0 Å². The Balaban J connectivity index is 2.34. The third-order valence-corrected chi connectivity index (χ3v) is 2.02. The monoisotopic (exact) mass is 197 g/mol. The maximum atomic E-state index is 12.5. The minimum atomic E-state index is -0.314. The van der Waals surface area contributed by atoms with Crippen molar-refractivity contribution in [3.63, 3.8) is 0 Å². The number of pyridine rings is 1. The first-order valence-electron chi connectivity index (χ1n) is 4.78. The van der Waals surface area contributed by atoms with Gasteiger partial charge >= 0.3 is 0 Å². The van der Waals surface area contributed by atoms with Crippen LogP contribution >= 0.6 is 0 Å². The Morgan fingerprint density at radius 2 is 2.36 bits per heavy atom. The van der Waals surface area contributed by atoms with E-state index < -0.39 is 0 Å². The van der Waals surface area contributed by atoms with Gasteiger partial charge in [-0.15, -0.1) is 0 Å². The number of rotatable bonds is 5. The first kappa shape index (κ1) is 10.9. The highest BCUT2D eigenvalue weighted by Crippen LogP contribution is 2.06. The summed E-state index contributed by atoms with van der Waals surface area (Å²) in [4.78, 5) is 3.89. The number of anilines is 1. The summed E-state index contributed by atoms with van der Waals surface area (Å²) >= 11 is 0. The molecule has 0 saturated carbocycles. The smallest absolute Gasteiger partial charge is 0.141 e. The first-order valence-corrected chi connectivity index (χ1v) is 4.78. The minimum absolute atomic E-state index is 0.314. The maximum absolute atomic E-state index is 12.5. The van der Waals surface area contributed by atoms with Gasteiger partial charge in [-0.25, -0.2) is 9.37 Å². The molecular formula is C10H16FN3. The molecule has 0 bridgehead atoms. The van der Waals surface area contributed by atoms with Gasteiger partial charge in [0.05, 0.1) is 6.20 Å². The van der Waals surface area contributed by atoms with E-state index in [0.717, 1.165) is 13.0 Å². The molecule has 1 aromatic heterocycles. The summed E-state index contributed by atoms with van der Waals surface area (Å²) in [5, 5.41) is 3.12. The molecule has 0 spiro atoms. The fourth-order valence-corrected chi connectivity index (χ4v) is 1.15. The average molecular weight is 197 g/mol. The normalized spacial score (nSPS) is 12.5. The summed E-state index contributed by atoms with van der Waals surface area (Å²) in [6.07, 6.45) is 2.18. The SMILES string of the molecule is CC(CCN)CNc1ccc(F)cn1. The van der Waals surface area contributed by atoms with Crippen LogP contribution in [0.2, 0.25) is 0 Å². The van der Waals surface area contributed by atoms with Crippen molar-refractivity contribution in [1.82, 2.24) is 4.98 Å². The zero-order valence-electron chi connectivity index (χ0n) is 8.33. The van der Waals surface area contributed by atoms with E-state index in [1.807, 2.05) is 0 Å². The predicted molar refractivity (Wildman–Crippen MR) is 55.5 cm³/mol. The van der Waals surface area contributed by atoms with E-state index in [4.69, 9.17) is 5.73 Å². The van der Waals surface area contributed by atoms with E-state index in [1.54, 1.807) is 6.07 Å². The zero-order chi connectivity index (χ0) is 10.4. The van der Waals surface area contributed by atoms with Crippen LogP contribution in [0.5, 0.6) is 0 Å². The molecule has 0 aliphatic heterocycles. The predicted octanol–water partition coefficient (Wildman–Crippen LogP) is 1.62. The lowest BCUT2D eigenvalue weighted by molar-refractivity contribution is 0.567. The summed E-state index contributed by atoms with van der Waals surface area (Å²) in [5.41, 5.74) is 5.43. The van der Waals surface area contributed by atoms with Crippen LogP contribution in [0.15, 0.2) is 18.3 Å². The van der Waals surface area contributed by atoms with Gasteiger partial charge in [-0.1, -0.05) is 6.92 Å². The molecule has 0 aliphatic carbocycles. The van der Waals surface area contributed by atoms with Gasteiger partial charge in [0.25, 0.3) is 0 Å². The topological polar surface area (TPSA) is 50.9 Å². The Morgan fingerprint density at radius 1 is 1.57 bits per heavy atom. The van der Waals surface area contributed by atoms with E-state index in [-0.39, 0.29) is 5.82 Å². The van der Waals surface area contributed by atoms with Crippen molar-refractivity contribution >= 4 is 5.82 Å². The number of hydrogen-bond donors (Lipinski definition) is 2. The average Bonchev–Trinajstić information content (AvgIpc) is 2.17. The lowest BCUT2D eigenvalue weighted by Crippen LogP contribution is -2.15. The molecule has 1 unspecified atom stereocenters. The van der Waals surface area contributed by atoms with Gasteiger partial charge in [-0.3, -0.25) is 0 Å². The second-order valence-electron chi connectivity index (χ2n) is 3.43. The zero-order valence-corrected chi connectivity index (χ0v) is 8.33. The Kier molecular flexibility index (Phi) is 4.32. The van der Waals surface area contributed by atoms with Crippen molar-refractivity contribution in [2.45, 2.75) is 13.3 Å². The summed E-state index contributed by atoms with van der Waals surface area (Å²) in [6, 6.07) is 3.02.